The molecule has 1 aromatic carbocycles. The van der Waals surface area contributed by atoms with Gasteiger partial charge in [0.1, 0.15) is 11.8 Å². The molecular formula is C20H20N6O4. The molecule has 2 N–H and O–H groups in total. The Kier molecular flexibility index (Phi) is 5.38. The van der Waals surface area contributed by atoms with E-state index in [0.29, 0.717) is 47.5 Å². The maximum Gasteiger partial charge on any atom is 0.305 e. The zero-order valence-electron chi connectivity index (χ0n) is 16.2. The van der Waals surface area contributed by atoms with Crippen LogP contribution in [0.15, 0.2) is 36.9 Å². The molecule has 2 aromatic heterocycles. The van der Waals surface area contributed by atoms with E-state index in [4.69, 9.17) is 10.5 Å². The number of imide groups is 1. The maximum atomic E-state index is 12.3. The van der Waals surface area contributed by atoms with Crippen molar-refractivity contribution in [3.05, 3.63) is 48.0 Å². The number of hydrogen-bond donors (Lipinski definition) is 1. The monoisotopic (exact) mass is 408 g/mol. The van der Waals surface area contributed by atoms with Crippen molar-refractivity contribution in [3.63, 3.8) is 0 Å². The van der Waals surface area contributed by atoms with Crippen molar-refractivity contribution in [2.75, 3.05) is 18.9 Å². The highest BCUT2D eigenvalue weighted by atomic mass is 16.5. The van der Waals surface area contributed by atoms with Crippen LogP contribution in [0.2, 0.25) is 0 Å². The summed E-state index contributed by atoms with van der Waals surface area (Å²) in [7, 11) is 0. The molecule has 0 spiro atoms. The highest BCUT2D eigenvalue weighted by Crippen LogP contribution is 2.22. The number of hydrogen-bond acceptors (Lipinski definition) is 8. The van der Waals surface area contributed by atoms with Gasteiger partial charge in [-0.05, 0) is 25.0 Å². The number of imidazole rings is 1. The summed E-state index contributed by atoms with van der Waals surface area (Å²) in [5.74, 6) is -0.682. The third kappa shape index (κ3) is 3.71. The van der Waals surface area contributed by atoms with Crippen molar-refractivity contribution < 1.29 is 19.1 Å². The van der Waals surface area contributed by atoms with Crippen molar-refractivity contribution in [1.29, 1.82) is 0 Å². The van der Waals surface area contributed by atoms with Crippen LogP contribution in [0.4, 0.5) is 5.82 Å². The fourth-order valence-electron chi connectivity index (χ4n) is 3.38. The zero-order chi connectivity index (χ0) is 21.1. The normalized spacial score (nSPS) is 13.1. The Morgan fingerprint density at radius 1 is 1.00 bits per heavy atom. The molecular weight excluding hydrogens is 388 g/mol. The molecule has 0 saturated carbocycles. The van der Waals surface area contributed by atoms with Crippen LogP contribution in [0.5, 0.6) is 0 Å². The number of esters is 1. The molecule has 0 radical (unpaired) electrons. The van der Waals surface area contributed by atoms with Crippen LogP contribution in [0, 0.1) is 0 Å². The number of nitrogens with zero attached hydrogens (tertiary/aromatic N) is 5. The number of amides is 2. The van der Waals surface area contributed by atoms with Crippen LogP contribution in [0.25, 0.3) is 11.2 Å². The second kappa shape index (κ2) is 8.27. The topological polar surface area (TPSA) is 133 Å². The van der Waals surface area contributed by atoms with E-state index in [1.54, 1.807) is 30.6 Å². The molecule has 1 aliphatic heterocycles. The third-order valence-electron chi connectivity index (χ3n) is 4.88. The van der Waals surface area contributed by atoms with Gasteiger partial charge >= 0.3 is 5.97 Å². The first-order chi connectivity index (χ1) is 14.6. The zero-order valence-corrected chi connectivity index (χ0v) is 16.2. The number of aryl methyl sites for hydroxylation is 1. The highest BCUT2D eigenvalue weighted by molar-refractivity contribution is 6.21. The average Bonchev–Trinajstić information content (AvgIpc) is 3.27. The van der Waals surface area contributed by atoms with Gasteiger partial charge in [0, 0.05) is 19.5 Å². The molecule has 154 valence electrons. The summed E-state index contributed by atoms with van der Waals surface area (Å²) in [6.45, 7) is 0.991. The maximum absolute atomic E-state index is 12.3. The summed E-state index contributed by atoms with van der Waals surface area (Å²) in [6.07, 6.45) is 4.07. The Labute approximate surface area is 171 Å². The first-order valence-electron chi connectivity index (χ1n) is 9.58. The van der Waals surface area contributed by atoms with E-state index in [-0.39, 0.29) is 37.4 Å². The summed E-state index contributed by atoms with van der Waals surface area (Å²) in [6, 6.07) is 6.71. The van der Waals surface area contributed by atoms with Gasteiger partial charge in [-0.25, -0.2) is 15.0 Å². The smallest absolute Gasteiger partial charge is 0.305 e. The van der Waals surface area contributed by atoms with Crippen LogP contribution in [-0.4, -0.2) is 55.4 Å². The van der Waals surface area contributed by atoms with Gasteiger partial charge in [-0.3, -0.25) is 19.3 Å². The number of nitrogens with two attached hydrogens (primary N) is 1. The summed E-state index contributed by atoms with van der Waals surface area (Å²) in [5.41, 5.74) is 7.75. The Balaban J connectivity index is 1.18. The number of aromatic nitrogens is 4. The van der Waals surface area contributed by atoms with Gasteiger partial charge in [-0.1, -0.05) is 12.1 Å². The average molecular weight is 408 g/mol. The lowest BCUT2D eigenvalue weighted by Gasteiger charge is -2.13. The lowest BCUT2D eigenvalue weighted by molar-refractivity contribution is -0.144. The summed E-state index contributed by atoms with van der Waals surface area (Å²) in [5, 5.41) is 0. The fourth-order valence-corrected chi connectivity index (χ4v) is 3.38. The molecule has 3 heterocycles. The molecule has 0 fully saturated rings. The molecule has 0 unspecified atom stereocenters. The minimum atomic E-state index is -0.367. The lowest BCUT2D eigenvalue weighted by Crippen LogP contribution is -2.31. The van der Waals surface area contributed by atoms with Crippen molar-refractivity contribution in [1.82, 2.24) is 24.4 Å². The van der Waals surface area contributed by atoms with E-state index in [0.717, 1.165) is 0 Å². The van der Waals surface area contributed by atoms with Gasteiger partial charge in [0.25, 0.3) is 11.8 Å². The van der Waals surface area contributed by atoms with Crippen LogP contribution in [-0.2, 0) is 16.1 Å². The lowest BCUT2D eigenvalue weighted by atomic mass is 10.1. The Bertz CT molecular complexity index is 1090. The Morgan fingerprint density at radius 2 is 1.73 bits per heavy atom. The van der Waals surface area contributed by atoms with E-state index in [1.807, 2.05) is 4.57 Å². The van der Waals surface area contributed by atoms with Crippen LogP contribution >= 0.6 is 0 Å². The van der Waals surface area contributed by atoms with Crippen LogP contribution in [0.3, 0.4) is 0 Å². The SMILES string of the molecule is Nc1ncnc2c1ncn2CCCOC(=O)CCCN1C(=O)c2ccccc2C1=O. The Hall–Kier alpha value is -3.82. The molecule has 2 amide bonds. The predicted octanol–water partition coefficient (Wildman–Crippen LogP) is 1.42. The summed E-state index contributed by atoms with van der Waals surface area (Å²) >= 11 is 0. The first-order valence-corrected chi connectivity index (χ1v) is 9.58. The predicted molar refractivity (Wildman–Crippen MR) is 106 cm³/mol. The van der Waals surface area contributed by atoms with Gasteiger partial charge in [0.2, 0.25) is 0 Å². The molecule has 0 saturated heterocycles. The fraction of sp³-hybridized carbons (Fsp3) is 0.300. The molecule has 4 rings (SSSR count). The summed E-state index contributed by atoms with van der Waals surface area (Å²) in [4.78, 5) is 49.9. The number of ether oxygens (including phenoxy) is 1. The van der Waals surface area contributed by atoms with Gasteiger partial charge in [0.05, 0.1) is 24.1 Å². The minimum absolute atomic E-state index is 0.130. The first kappa shape index (κ1) is 19.5. The number of anilines is 1. The quantitative estimate of drug-likeness (QED) is 0.336. The molecule has 0 aliphatic carbocycles. The number of nitrogen functional groups attached to an aromatic ring is 1. The van der Waals surface area contributed by atoms with E-state index in [9.17, 15) is 14.4 Å². The Morgan fingerprint density at radius 3 is 2.47 bits per heavy atom. The summed E-state index contributed by atoms with van der Waals surface area (Å²) < 4.78 is 7.06. The van der Waals surface area contributed by atoms with Crippen molar-refractivity contribution in [2.45, 2.75) is 25.8 Å². The van der Waals surface area contributed by atoms with E-state index in [1.165, 1.54) is 11.2 Å². The van der Waals surface area contributed by atoms with Gasteiger partial charge in [-0.2, -0.15) is 0 Å². The number of benzene rings is 1. The van der Waals surface area contributed by atoms with Crippen molar-refractivity contribution in [3.8, 4) is 0 Å². The second-order valence-corrected chi connectivity index (χ2v) is 6.85. The number of rotatable bonds is 8. The molecule has 10 nitrogen and oxygen atoms in total. The van der Waals surface area contributed by atoms with Gasteiger partial charge in [-0.15, -0.1) is 0 Å². The number of carbonyl (C=O) groups is 3. The van der Waals surface area contributed by atoms with Crippen LogP contribution < -0.4 is 5.73 Å². The number of fused-ring (bicyclic) bond motifs is 2. The second-order valence-electron chi connectivity index (χ2n) is 6.85. The molecule has 0 atom stereocenters. The van der Waals surface area contributed by atoms with Crippen molar-refractivity contribution >= 4 is 34.8 Å². The van der Waals surface area contributed by atoms with Crippen LogP contribution in [0.1, 0.15) is 40.0 Å². The largest absolute Gasteiger partial charge is 0.466 e. The van der Waals surface area contributed by atoms with Crippen molar-refractivity contribution in [2.24, 2.45) is 0 Å². The van der Waals surface area contributed by atoms with E-state index >= 15 is 0 Å². The highest BCUT2D eigenvalue weighted by Gasteiger charge is 2.34. The molecule has 3 aromatic rings. The minimum Gasteiger partial charge on any atom is -0.466 e. The van der Waals surface area contributed by atoms with Gasteiger partial charge < -0.3 is 15.0 Å². The molecule has 30 heavy (non-hydrogen) atoms. The van der Waals surface area contributed by atoms with E-state index < -0.39 is 0 Å². The standard InChI is InChI=1S/C20H20N6O4/c21-17-16-18(23-11-22-17)25(12-24-16)8-4-10-30-15(27)7-3-9-26-19(28)13-5-1-2-6-14(13)20(26)29/h1-2,5-6,11-12H,3-4,7-10H2,(H2,21,22,23). The van der Waals surface area contributed by atoms with E-state index in [2.05, 4.69) is 15.0 Å². The van der Waals surface area contributed by atoms with Gasteiger partial charge in [0.15, 0.2) is 11.5 Å². The number of carbonyl (C=O) groups excluding carboxylic acids is 3. The molecule has 10 heteroatoms. The third-order valence-corrected chi connectivity index (χ3v) is 4.88. The molecule has 1 aliphatic rings. The molecule has 0 bridgehead atoms.